The molecule has 0 aromatic carbocycles. The summed E-state index contributed by atoms with van der Waals surface area (Å²) in [4.78, 5) is 24.6. The van der Waals surface area contributed by atoms with E-state index < -0.39 is 6.03 Å². The molecule has 2 rings (SSSR count). The van der Waals surface area contributed by atoms with E-state index in [9.17, 15) is 9.70 Å². The van der Waals surface area contributed by atoms with Crippen molar-refractivity contribution in [3.63, 3.8) is 0 Å². The fourth-order valence-corrected chi connectivity index (χ4v) is 4.09. The second-order valence-corrected chi connectivity index (χ2v) is 8.07. The summed E-state index contributed by atoms with van der Waals surface area (Å²) in [6, 6.07) is -0.509. The first kappa shape index (κ1) is 16.4. The molecule has 2 amide bonds. The van der Waals surface area contributed by atoms with Crippen LogP contribution in [0.5, 0.6) is 0 Å². The summed E-state index contributed by atoms with van der Waals surface area (Å²) in [5.74, 6) is 0. The molecule has 2 fully saturated rings. The zero-order valence-electron chi connectivity index (χ0n) is 13.9. The third-order valence-corrected chi connectivity index (χ3v) is 4.63. The molecule has 0 atom stereocenters. The van der Waals surface area contributed by atoms with Gasteiger partial charge in [-0.2, -0.15) is 4.79 Å². The van der Waals surface area contributed by atoms with E-state index in [1.54, 1.807) is 0 Å². The van der Waals surface area contributed by atoms with E-state index in [4.69, 9.17) is 0 Å². The molecular weight excluding hydrogens is 266 g/mol. The summed E-state index contributed by atoms with van der Waals surface area (Å²) in [5.41, 5.74) is -0.250. The van der Waals surface area contributed by atoms with Gasteiger partial charge in [-0.05, 0) is 53.4 Å². The Labute approximate surface area is 127 Å². The average molecular weight is 296 g/mol. The highest BCUT2D eigenvalue weighted by Gasteiger charge is 2.45. The molecule has 1 saturated carbocycles. The van der Waals surface area contributed by atoms with E-state index in [-0.39, 0.29) is 23.2 Å². The molecule has 0 aromatic rings. The monoisotopic (exact) mass is 296 g/mol. The Kier molecular flexibility index (Phi) is 4.71. The van der Waals surface area contributed by atoms with Gasteiger partial charge in [0.05, 0.1) is 6.04 Å². The number of amides is 2. The van der Waals surface area contributed by atoms with E-state index >= 15 is 0 Å². The van der Waals surface area contributed by atoms with Crippen molar-refractivity contribution >= 4 is 6.03 Å². The minimum absolute atomic E-state index is 0.125. The molecule has 1 heterocycles. The van der Waals surface area contributed by atoms with Gasteiger partial charge in [-0.3, -0.25) is 0 Å². The number of hydrogen-bond acceptors (Lipinski definition) is 3. The van der Waals surface area contributed by atoms with Gasteiger partial charge < -0.3 is 5.32 Å². The second-order valence-electron chi connectivity index (χ2n) is 8.07. The summed E-state index contributed by atoms with van der Waals surface area (Å²) >= 11 is 0. The van der Waals surface area contributed by atoms with Crippen LogP contribution in [0.2, 0.25) is 0 Å². The van der Waals surface area contributed by atoms with Crippen molar-refractivity contribution in [3.8, 4) is 0 Å². The van der Waals surface area contributed by atoms with Crippen molar-refractivity contribution in [2.45, 2.75) is 95.8 Å². The average Bonchev–Trinajstić information content (AvgIpc) is 2.35. The minimum atomic E-state index is -0.444. The SMILES string of the molecule is CC1(C)CC([N+](=O)C(=O)NC2CCCCC2)CC(C)(C)N1. The number of nitroso groups, excluding NO2 is 1. The lowest BCUT2D eigenvalue weighted by Gasteiger charge is -2.44. The van der Waals surface area contributed by atoms with E-state index in [0.717, 1.165) is 25.7 Å². The first-order valence-electron chi connectivity index (χ1n) is 8.25. The van der Waals surface area contributed by atoms with Gasteiger partial charge in [-0.25, -0.2) is 5.32 Å². The molecule has 2 aliphatic rings. The van der Waals surface area contributed by atoms with Crippen molar-refractivity contribution in [2.24, 2.45) is 0 Å². The standard InChI is InChI=1S/C16H29N3O2/c1-15(2)10-13(11-16(3,4)18-15)19(21)14(20)17-12-8-6-5-7-9-12/h12-13,18H,5-11H2,1-4H3/p+1. The first-order chi connectivity index (χ1) is 9.69. The van der Waals surface area contributed by atoms with Crippen LogP contribution in [0.3, 0.4) is 0 Å². The van der Waals surface area contributed by atoms with Gasteiger partial charge in [-0.15, -0.1) is 0 Å². The van der Waals surface area contributed by atoms with Crippen LogP contribution in [0.15, 0.2) is 0 Å². The smallest absolute Gasteiger partial charge is 0.307 e. The molecular formula is C16H30N3O2+. The highest BCUT2D eigenvalue weighted by Crippen LogP contribution is 2.30. The Bertz CT molecular complexity index is 396. The van der Waals surface area contributed by atoms with Crippen LogP contribution in [-0.2, 0) is 0 Å². The Morgan fingerprint density at radius 1 is 1.05 bits per heavy atom. The molecule has 0 bridgehead atoms. The van der Waals surface area contributed by atoms with Gasteiger partial charge in [0.25, 0.3) is 0 Å². The maximum absolute atomic E-state index is 12.4. The molecule has 5 nitrogen and oxygen atoms in total. The number of hydrogen-bond donors (Lipinski definition) is 2. The third-order valence-electron chi connectivity index (χ3n) is 4.63. The zero-order chi connectivity index (χ0) is 15.7. The largest absolute Gasteiger partial charge is 0.529 e. The van der Waals surface area contributed by atoms with Gasteiger partial charge in [0.15, 0.2) is 6.04 Å². The lowest BCUT2D eigenvalue weighted by Crippen LogP contribution is -2.61. The molecule has 5 heteroatoms. The van der Waals surface area contributed by atoms with E-state index in [0.29, 0.717) is 17.6 Å². The quantitative estimate of drug-likeness (QED) is 0.770. The third kappa shape index (κ3) is 4.50. The Morgan fingerprint density at radius 3 is 2.10 bits per heavy atom. The van der Waals surface area contributed by atoms with Crippen LogP contribution in [0.4, 0.5) is 4.79 Å². The molecule has 1 aliphatic carbocycles. The van der Waals surface area contributed by atoms with Crippen LogP contribution in [-0.4, -0.2) is 34.0 Å². The highest BCUT2D eigenvalue weighted by atomic mass is 16.3. The molecule has 0 spiro atoms. The van der Waals surface area contributed by atoms with Crippen LogP contribution in [0.1, 0.15) is 72.6 Å². The maximum atomic E-state index is 12.4. The molecule has 120 valence electrons. The van der Waals surface area contributed by atoms with Crippen molar-refractivity contribution in [3.05, 3.63) is 4.91 Å². The summed E-state index contributed by atoms with van der Waals surface area (Å²) in [6.07, 6.45) is 6.93. The number of rotatable bonds is 2. The molecule has 1 aliphatic heterocycles. The summed E-state index contributed by atoms with van der Waals surface area (Å²) in [7, 11) is 0. The number of carbonyl (C=O) groups excluding carboxylic acids is 1. The number of piperidine rings is 1. The van der Waals surface area contributed by atoms with Crippen molar-refractivity contribution < 1.29 is 9.55 Å². The Balaban J connectivity index is 1.96. The number of urea groups is 1. The lowest BCUT2D eigenvalue weighted by molar-refractivity contribution is -0.503. The topological polar surface area (TPSA) is 61.2 Å². The van der Waals surface area contributed by atoms with Gasteiger partial charge in [0.2, 0.25) is 0 Å². The normalized spacial score (nSPS) is 26.3. The number of nitrogens with zero attached hydrogens (tertiary/aromatic N) is 1. The Morgan fingerprint density at radius 2 is 1.57 bits per heavy atom. The number of carbonyl (C=O) groups is 1. The fraction of sp³-hybridized carbons (Fsp3) is 0.938. The zero-order valence-corrected chi connectivity index (χ0v) is 13.9. The molecule has 0 aromatic heterocycles. The molecule has 1 saturated heterocycles. The minimum Gasteiger partial charge on any atom is -0.307 e. The molecule has 0 radical (unpaired) electrons. The van der Waals surface area contributed by atoms with E-state index in [1.807, 2.05) is 0 Å². The van der Waals surface area contributed by atoms with Gasteiger partial charge in [0.1, 0.15) is 0 Å². The van der Waals surface area contributed by atoms with Crippen LogP contribution < -0.4 is 10.6 Å². The van der Waals surface area contributed by atoms with Gasteiger partial charge >= 0.3 is 6.03 Å². The predicted octanol–water partition coefficient (Wildman–Crippen LogP) is 3.12. The summed E-state index contributed by atoms with van der Waals surface area (Å²) < 4.78 is 0.693. The van der Waals surface area contributed by atoms with Crippen LogP contribution >= 0.6 is 0 Å². The van der Waals surface area contributed by atoms with E-state index in [1.165, 1.54) is 6.42 Å². The maximum Gasteiger partial charge on any atom is 0.529 e. The van der Waals surface area contributed by atoms with Gasteiger partial charge in [0, 0.05) is 28.7 Å². The number of nitrogens with one attached hydrogen (secondary N) is 2. The van der Waals surface area contributed by atoms with Crippen LogP contribution in [0.25, 0.3) is 0 Å². The predicted molar refractivity (Wildman–Crippen MR) is 83.3 cm³/mol. The molecule has 21 heavy (non-hydrogen) atoms. The van der Waals surface area contributed by atoms with Crippen LogP contribution in [0, 0.1) is 4.91 Å². The van der Waals surface area contributed by atoms with Gasteiger partial charge in [-0.1, -0.05) is 11.3 Å². The van der Waals surface area contributed by atoms with Crippen molar-refractivity contribution in [1.82, 2.24) is 10.6 Å². The second kappa shape index (κ2) is 6.03. The first-order valence-corrected chi connectivity index (χ1v) is 8.25. The summed E-state index contributed by atoms with van der Waals surface area (Å²) in [5, 5.41) is 6.46. The fourth-order valence-electron chi connectivity index (χ4n) is 4.09. The molecule has 2 N–H and O–H groups in total. The molecule has 0 unspecified atom stereocenters. The van der Waals surface area contributed by atoms with Crippen molar-refractivity contribution in [2.75, 3.05) is 0 Å². The van der Waals surface area contributed by atoms with E-state index in [2.05, 4.69) is 38.3 Å². The highest BCUT2D eigenvalue weighted by molar-refractivity contribution is 5.65. The lowest BCUT2D eigenvalue weighted by atomic mass is 9.79. The summed E-state index contributed by atoms with van der Waals surface area (Å²) in [6.45, 7) is 8.36. The van der Waals surface area contributed by atoms with Crippen molar-refractivity contribution in [1.29, 1.82) is 0 Å². The Hall–Kier alpha value is -0.970.